The van der Waals surface area contributed by atoms with Gasteiger partial charge in [-0.2, -0.15) is 0 Å². The van der Waals surface area contributed by atoms with Gasteiger partial charge in [0.05, 0.1) is 24.3 Å². The predicted octanol–water partition coefficient (Wildman–Crippen LogP) is 3.22. The van der Waals surface area contributed by atoms with Crippen molar-refractivity contribution in [1.82, 2.24) is 0 Å². The normalized spacial score (nSPS) is 16.0. The highest BCUT2D eigenvalue weighted by Gasteiger charge is 2.24. The Kier molecular flexibility index (Phi) is 4.76. The number of ether oxygens (including phenoxy) is 3. The van der Waals surface area contributed by atoms with Crippen molar-refractivity contribution in [3.63, 3.8) is 0 Å². The summed E-state index contributed by atoms with van der Waals surface area (Å²) in [6, 6.07) is 9.72. The van der Waals surface area contributed by atoms with Gasteiger partial charge in [0.2, 0.25) is 0 Å². The lowest BCUT2D eigenvalue weighted by Crippen LogP contribution is -2.14. The molecule has 0 saturated heterocycles. The predicted molar refractivity (Wildman–Crippen MR) is 95.2 cm³/mol. The maximum Gasteiger partial charge on any atom is 0.262 e. The largest absolute Gasteiger partial charge is 0.497 e. The van der Waals surface area contributed by atoms with Crippen LogP contribution in [-0.2, 0) is 16.4 Å². The van der Waals surface area contributed by atoms with Crippen molar-refractivity contribution in [2.75, 3.05) is 18.4 Å². The third kappa shape index (κ3) is 3.66. The monoisotopic (exact) mass is 363 g/mol. The molecule has 0 bridgehead atoms. The average molecular weight is 363 g/mol. The fourth-order valence-electron chi connectivity index (χ4n) is 2.75. The van der Waals surface area contributed by atoms with Crippen LogP contribution in [0.1, 0.15) is 19.4 Å². The summed E-state index contributed by atoms with van der Waals surface area (Å²) in [6.07, 6.45) is 0.846. The SMILES string of the molecule is CCOc1cc2c(cc1NS(=O)(=O)c1ccc(OC)cc1)OC(C)C2. The standard InChI is InChI=1S/C18H21NO5S/c1-4-23-18-10-13-9-12(2)24-17(13)11-16(18)19-25(20,21)15-7-5-14(22-3)6-8-15/h5-8,10-12,19H,4,9H2,1-3H3. The van der Waals surface area contributed by atoms with Crippen molar-refractivity contribution in [2.24, 2.45) is 0 Å². The topological polar surface area (TPSA) is 73.9 Å². The lowest BCUT2D eigenvalue weighted by atomic mass is 10.1. The first kappa shape index (κ1) is 17.4. The highest BCUT2D eigenvalue weighted by Crippen LogP contribution is 2.38. The number of sulfonamides is 1. The van der Waals surface area contributed by atoms with Gasteiger partial charge in [-0.3, -0.25) is 4.72 Å². The zero-order valence-corrected chi connectivity index (χ0v) is 15.2. The lowest BCUT2D eigenvalue weighted by Gasteiger charge is -2.15. The molecule has 3 rings (SSSR count). The van der Waals surface area contributed by atoms with Crippen molar-refractivity contribution in [3.05, 3.63) is 42.0 Å². The van der Waals surface area contributed by atoms with Crippen molar-refractivity contribution < 1.29 is 22.6 Å². The van der Waals surface area contributed by atoms with Gasteiger partial charge in [0, 0.05) is 18.1 Å². The van der Waals surface area contributed by atoms with Crippen LogP contribution < -0.4 is 18.9 Å². The van der Waals surface area contributed by atoms with Crippen molar-refractivity contribution in [2.45, 2.75) is 31.3 Å². The van der Waals surface area contributed by atoms with Crippen molar-refractivity contribution >= 4 is 15.7 Å². The first-order chi connectivity index (χ1) is 11.9. The van der Waals surface area contributed by atoms with Crippen molar-refractivity contribution in [1.29, 1.82) is 0 Å². The van der Waals surface area contributed by atoms with E-state index in [9.17, 15) is 8.42 Å². The van der Waals surface area contributed by atoms with Gasteiger partial charge >= 0.3 is 0 Å². The van der Waals surface area contributed by atoms with Gasteiger partial charge in [-0.25, -0.2) is 8.42 Å². The minimum Gasteiger partial charge on any atom is -0.497 e. The number of nitrogens with one attached hydrogen (secondary N) is 1. The smallest absolute Gasteiger partial charge is 0.262 e. The highest BCUT2D eigenvalue weighted by molar-refractivity contribution is 7.92. The second-order valence-corrected chi connectivity index (χ2v) is 7.49. The Labute approximate surface area is 147 Å². The number of anilines is 1. The molecule has 0 fully saturated rings. The summed E-state index contributed by atoms with van der Waals surface area (Å²) in [7, 11) is -2.22. The van der Waals surface area contributed by atoms with E-state index >= 15 is 0 Å². The maximum absolute atomic E-state index is 12.7. The Balaban J connectivity index is 1.94. The van der Waals surface area contributed by atoms with Crippen LogP contribution in [0, 0.1) is 0 Å². The number of hydrogen-bond donors (Lipinski definition) is 1. The van der Waals surface area contributed by atoms with E-state index in [-0.39, 0.29) is 11.0 Å². The molecule has 134 valence electrons. The zero-order valence-electron chi connectivity index (χ0n) is 14.4. The van der Waals surface area contributed by atoms with Crippen LogP contribution in [0.2, 0.25) is 0 Å². The molecule has 1 atom stereocenters. The van der Waals surface area contributed by atoms with E-state index < -0.39 is 10.0 Å². The summed E-state index contributed by atoms with van der Waals surface area (Å²) >= 11 is 0. The molecular formula is C18H21NO5S. The first-order valence-corrected chi connectivity index (χ1v) is 9.54. The molecule has 6 nitrogen and oxygen atoms in total. The van der Waals surface area contributed by atoms with Gasteiger partial charge < -0.3 is 14.2 Å². The molecule has 0 saturated carbocycles. The third-order valence-electron chi connectivity index (χ3n) is 3.91. The Morgan fingerprint density at radius 1 is 1.24 bits per heavy atom. The molecule has 1 heterocycles. The second-order valence-electron chi connectivity index (χ2n) is 5.80. The fourth-order valence-corrected chi connectivity index (χ4v) is 3.81. The van der Waals surface area contributed by atoms with E-state index in [1.807, 2.05) is 19.9 Å². The quantitative estimate of drug-likeness (QED) is 0.853. The minimum atomic E-state index is -3.75. The van der Waals surface area contributed by atoms with Crippen LogP contribution in [0.5, 0.6) is 17.2 Å². The summed E-state index contributed by atoms with van der Waals surface area (Å²) in [5.74, 6) is 1.77. The number of fused-ring (bicyclic) bond motifs is 1. The summed E-state index contributed by atoms with van der Waals surface area (Å²) < 4.78 is 44.3. The fraction of sp³-hybridized carbons (Fsp3) is 0.333. The summed E-state index contributed by atoms with van der Waals surface area (Å²) in [5.41, 5.74) is 1.38. The third-order valence-corrected chi connectivity index (χ3v) is 5.29. The zero-order chi connectivity index (χ0) is 18.0. The Hall–Kier alpha value is -2.41. The van der Waals surface area contributed by atoms with Crippen LogP contribution in [-0.4, -0.2) is 28.2 Å². The van der Waals surface area contributed by atoms with Crippen molar-refractivity contribution in [3.8, 4) is 17.2 Å². The summed E-state index contributed by atoms with van der Waals surface area (Å²) in [6.45, 7) is 4.27. The summed E-state index contributed by atoms with van der Waals surface area (Å²) in [5, 5.41) is 0. The Morgan fingerprint density at radius 2 is 1.96 bits per heavy atom. The highest BCUT2D eigenvalue weighted by atomic mass is 32.2. The van der Waals surface area contributed by atoms with Gasteiger partial charge in [-0.05, 0) is 44.2 Å². The van der Waals surface area contributed by atoms with Gasteiger partial charge in [0.25, 0.3) is 10.0 Å². The van der Waals surface area contributed by atoms with E-state index in [4.69, 9.17) is 14.2 Å². The number of hydrogen-bond acceptors (Lipinski definition) is 5. The summed E-state index contributed by atoms with van der Waals surface area (Å²) in [4.78, 5) is 0.144. The van der Waals surface area contributed by atoms with Gasteiger partial charge in [-0.15, -0.1) is 0 Å². The molecule has 0 aliphatic carbocycles. The minimum absolute atomic E-state index is 0.0675. The molecule has 0 amide bonds. The van der Waals surface area contributed by atoms with E-state index in [2.05, 4.69) is 4.72 Å². The molecule has 1 N–H and O–H groups in total. The lowest BCUT2D eigenvalue weighted by molar-refractivity contribution is 0.254. The molecule has 7 heteroatoms. The maximum atomic E-state index is 12.7. The number of rotatable bonds is 6. The number of methoxy groups -OCH3 is 1. The average Bonchev–Trinajstić information content (AvgIpc) is 2.94. The molecule has 2 aromatic carbocycles. The van der Waals surface area contributed by atoms with E-state index in [1.165, 1.54) is 19.2 Å². The molecule has 0 aromatic heterocycles. The van der Waals surface area contributed by atoms with E-state index in [0.29, 0.717) is 29.5 Å². The number of benzene rings is 2. The first-order valence-electron chi connectivity index (χ1n) is 8.06. The molecule has 1 aliphatic rings. The van der Waals surface area contributed by atoms with Crippen LogP contribution in [0.25, 0.3) is 0 Å². The molecule has 1 aliphatic heterocycles. The van der Waals surface area contributed by atoms with E-state index in [1.54, 1.807) is 18.2 Å². The molecule has 0 radical (unpaired) electrons. The molecule has 0 spiro atoms. The Bertz CT molecular complexity index is 862. The van der Waals surface area contributed by atoms with Gasteiger partial charge in [0.1, 0.15) is 23.4 Å². The van der Waals surface area contributed by atoms with Crippen LogP contribution in [0.3, 0.4) is 0 Å². The van der Waals surface area contributed by atoms with Crippen LogP contribution in [0.15, 0.2) is 41.3 Å². The van der Waals surface area contributed by atoms with Crippen LogP contribution in [0.4, 0.5) is 5.69 Å². The molecule has 1 unspecified atom stereocenters. The second kappa shape index (κ2) is 6.84. The molecular weight excluding hydrogens is 342 g/mol. The molecule has 25 heavy (non-hydrogen) atoms. The molecule has 2 aromatic rings. The van der Waals surface area contributed by atoms with Gasteiger partial charge in [0.15, 0.2) is 0 Å². The van der Waals surface area contributed by atoms with Gasteiger partial charge in [-0.1, -0.05) is 0 Å². The van der Waals surface area contributed by atoms with E-state index in [0.717, 1.165) is 12.0 Å². The van der Waals surface area contributed by atoms with Crippen LogP contribution >= 0.6 is 0 Å². The Morgan fingerprint density at radius 3 is 2.60 bits per heavy atom.